The molecule has 0 saturated carbocycles. The first kappa shape index (κ1) is 15.8. The predicted molar refractivity (Wildman–Crippen MR) is 84.1 cm³/mol. The molecule has 1 saturated heterocycles. The van der Waals surface area contributed by atoms with Gasteiger partial charge in [0.05, 0.1) is 12.1 Å². The summed E-state index contributed by atoms with van der Waals surface area (Å²) < 4.78 is 5.54. The number of nitrogens with zero attached hydrogens (tertiary/aromatic N) is 1. The molecule has 2 rings (SSSR count). The summed E-state index contributed by atoms with van der Waals surface area (Å²) in [6.07, 6.45) is 3.56. The Bertz CT molecular complexity index is 427. The highest BCUT2D eigenvalue weighted by Crippen LogP contribution is 2.30. The number of ether oxygens (including phenoxy) is 1. The van der Waals surface area contributed by atoms with Crippen LogP contribution >= 0.6 is 11.6 Å². The fraction of sp³-hybridized carbons (Fsp3) is 0.625. The van der Waals surface area contributed by atoms with E-state index in [1.54, 1.807) is 7.11 Å². The van der Waals surface area contributed by atoms with Crippen LogP contribution in [0.4, 0.5) is 0 Å². The van der Waals surface area contributed by atoms with Gasteiger partial charge in [-0.3, -0.25) is 4.90 Å². The fourth-order valence-electron chi connectivity index (χ4n) is 3.05. The number of hydrogen-bond donors (Lipinski definition) is 1. The van der Waals surface area contributed by atoms with Crippen LogP contribution in [0.1, 0.15) is 37.8 Å². The molecule has 0 radical (unpaired) electrons. The molecule has 0 spiro atoms. The second-order valence-electron chi connectivity index (χ2n) is 5.57. The van der Waals surface area contributed by atoms with E-state index in [1.807, 2.05) is 18.2 Å². The van der Waals surface area contributed by atoms with Crippen LogP contribution in [0.25, 0.3) is 0 Å². The maximum absolute atomic E-state index is 6.39. The SMILES string of the molecule is CCC(N)C(c1cccc(Cl)c1)N1CCCC(OC)C1. The number of methoxy groups -OCH3 is 1. The molecule has 1 aromatic carbocycles. The van der Waals surface area contributed by atoms with Crippen molar-refractivity contribution in [3.8, 4) is 0 Å². The second-order valence-corrected chi connectivity index (χ2v) is 6.00. The van der Waals surface area contributed by atoms with E-state index >= 15 is 0 Å². The molecule has 3 nitrogen and oxygen atoms in total. The lowest BCUT2D eigenvalue weighted by Crippen LogP contribution is -2.47. The van der Waals surface area contributed by atoms with Crippen LogP contribution in [0.15, 0.2) is 24.3 Å². The fourth-order valence-corrected chi connectivity index (χ4v) is 3.25. The zero-order chi connectivity index (χ0) is 14.5. The van der Waals surface area contributed by atoms with Crippen LogP contribution in [0.5, 0.6) is 0 Å². The van der Waals surface area contributed by atoms with Gasteiger partial charge in [-0.25, -0.2) is 0 Å². The Balaban J connectivity index is 2.23. The normalized spacial score (nSPS) is 23.5. The number of nitrogens with two attached hydrogens (primary N) is 1. The van der Waals surface area contributed by atoms with Crippen molar-refractivity contribution in [2.45, 2.75) is 44.4 Å². The van der Waals surface area contributed by atoms with E-state index in [0.29, 0.717) is 6.10 Å². The van der Waals surface area contributed by atoms with E-state index < -0.39 is 0 Å². The van der Waals surface area contributed by atoms with Gasteiger partial charge in [-0.15, -0.1) is 0 Å². The summed E-state index contributed by atoms with van der Waals surface area (Å²) in [6.45, 7) is 4.16. The molecule has 1 fully saturated rings. The first-order chi connectivity index (χ1) is 9.65. The van der Waals surface area contributed by atoms with E-state index in [9.17, 15) is 0 Å². The molecule has 1 aliphatic rings. The van der Waals surface area contributed by atoms with Crippen LogP contribution in [-0.4, -0.2) is 37.2 Å². The van der Waals surface area contributed by atoms with E-state index in [1.165, 1.54) is 5.56 Å². The van der Waals surface area contributed by atoms with Crippen LogP contribution < -0.4 is 5.73 Å². The molecule has 112 valence electrons. The molecular formula is C16H25ClN2O. The smallest absolute Gasteiger partial charge is 0.0698 e. The largest absolute Gasteiger partial charge is 0.380 e. The van der Waals surface area contributed by atoms with Gasteiger partial charge in [0.15, 0.2) is 0 Å². The van der Waals surface area contributed by atoms with Gasteiger partial charge in [-0.1, -0.05) is 30.7 Å². The summed E-state index contributed by atoms with van der Waals surface area (Å²) in [5, 5.41) is 0.774. The first-order valence-corrected chi connectivity index (χ1v) is 7.81. The summed E-state index contributed by atoms with van der Waals surface area (Å²) in [6, 6.07) is 8.42. The third-order valence-electron chi connectivity index (χ3n) is 4.20. The zero-order valence-electron chi connectivity index (χ0n) is 12.4. The van der Waals surface area contributed by atoms with Crippen molar-refractivity contribution in [3.63, 3.8) is 0 Å². The molecule has 4 heteroatoms. The molecule has 1 aliphatic heterocycles. The minimum atomic E-state index is 0.115. The Morgan fingerprint density at radius 1 is 1.50 bits per heavy atom. The topological polar surface area (TPSA) is 38.5 Å². The summed E-state index contributed by atoms with van der Waals surface area (Å²) in [5.41, 5.74) is 7.60. The van der Waals surface area contributed by atoms with Gasteiger partial charge in [-0.2, -0.15) is 0 Å². The Morgan fingerprint density at radius 3 is 2.95 bits per heavy atom. The van der Waals surface area contributed by atoms with Crippen LogP contribution in [0.2, 0.25) is 5.02 Å². The van der Waals surface area contributed by atoms with Crippen molar-refractivity contribution in [3.05, 3.63) is 34.9 Å². The molecular weight excluding hydrogens is 272 g/mol. The number of hydrogen-bond acceptors (Lipinski definition) is 3. The molecule has 1 aromatic rings. The number of rotatable bonds is 5. The Kier molecular flexibility index (Phi) is 5.85. The molecule has 0 aliphatic carbocycles. The van der Waals surface area contributed by atoms with E-state index in [-0.39, 0.29) is 12.1 Å². The lowest BCUT2D eigenvalue weighted by Gasteiger charge is -2.40. The predicted octanol–water partition coefficient (Wildman–Crippen LogP) is 3.23. The minimum absolute atomic E-state index is 0.115. The van der Waals surface area contributed by atoms with Crippen molar-refractivity contribution in [1.82, 2.24) is 4.90 Å². The van der Waals surface area contributed by atoms with Gasteiger partial charge < -0.3 is 10.5 Å². The molecule has 20 heavy (non-hydrogen) atoms. The van der Waals surface area contributed by atoms with Crippen molar-refractivity contribution < 1.29 is 4.74 Å². The molecule has 3 unspecified atom stereocenters. The zero-order valence-corrected chi connectivity index (χ0v) is 13.1. The van der Waals surface area contributed by atoms with Crippen molar-refractivity contribution in [1.29, 1.82) is 0 Å². The quantitative estimate of drug-likeness (QED) is 0.906. The maximum atomic E-state index is 6.39. The lowest BCUT2D eigenvalue weighted by atomic mass is 9.94. The molecule has 0 aromatic heterocycles. The average Bonchev–Trinajstić information content (AvgIpc) is 2.47. The lowest BCUT2D eigenvalue weighted by molar-refractivity contribution is 0.00900. The number of piperidine rings is 1. The number of likely N-dealkylation sites (tertiary alicyclic amines) is 1. The van der Waals surface area contributed by atoms with Gasteiger partial charge in [-0.05, 0) is 43.5 Å². The van der Waals surface area contributed by atoms with E-state index in [0.717, 1.165) is 37.4 Å². The van der Waals surface area contributed by atoms with Crippen molar-refractivity contribution in [2.24, 2.45) is 5.73 Å². The van der Waals surface area contributed by atoms with Crippen LogP contribution in [0.3, 0.4) is 0 Å². The standard InChI is InChI=1S/C16H25ClN2O/c1-3-15(18)16(12-6-4-7-13(17)10-12)19-9-5-8-14(11-19)20-2/h4,6-7,10,14-16H,3,5,8-9,11,18H2,1-2H3. The summed E-state index contributed by atoms with van der Waals surface area (Å²) >= 11 is 6.15. The molecule has 0 bridgehead atoms. The Morgan fingerprint density at radius 2 is 2.30 bits per heavy atom. The highest BCUT2D eigenvalue weighted by molar-refractivity contribution is 6.30. The van der Waals surface area contributed by atoms with E-state index in [4.69, 9.17) is 22.1 Å². The van der Waals surface area contributed by atoms with Gasteiger partial charge in [0.2, 0.25) is 0 Å². The molecule has 1 heterocycles. The highest BCUT2D eigenvalue weighted by Gasteiger charge is 2.30. The monoisotopic (exact) mass is 296 g/mol. The highest BCUT2D eigenvalue weighted by atomic mass is 35.5. The maximum Gasteiger partial charge on any atom is 0.0698 e. The van der Waals surface area contributed by atoms with Crippen LogP contribution in [-0.2, 0) is 4.74 Å². The first-order valence-electron chi connectivity index (χ1n) is 7.43. The second kappa shape index (κ2) is 7.41. The Labute approximate surface area is 127 Å². The van der Waals surface area contributed by atoms with Crippen molar-refractivity contribution >= 4 is 11.6 Å². The number of benzene rings is 1. The average molecular weight is 297 g/mol. The van der Waals surface area contributed by atoms with Crippen molar-refractivity contribution in [2.75, 3.05) is 20.2 Å². The third-order valence-corrected chi connectivity index (χ3v) is 4.44. The Hall–Kier alpha value is -0.610. The molecule has 2 N–H and O–H groups in total. The van der Waals surface area contributed by atoms with Gasteiger partial charge in [0.1, 0.15) is 0 Å². The summed E-state index contributed by atoms with van der Waals surface area (Å²) in [5.74, 6) is 0. The van der Waals surface area contributed by atoms with E-state index in [2.05, 4.69) is 17.9 Å². The third kappa shape index (κ3) is 3.73. The minimum Gasteiger partial charge on any atom is -0.380 e. The van der Waals surface area contributed by atoms with Gasteiger partial charge in [0.25, 0.3) is 0 Å². The summed E-state index contributed by atoms with van der Waals surface area (Å²) in [4.78, 5) is 2.46. The summed E-state index contributed by atoms with van der Waals surface area (Å²) in [7, 11) is 1.79. The number of halogens is 1. The van der Waals surface area contributed by atoms with Gasteiger partial charge >= 0.3 is 0 Å². The van der Waals surface area contributed by atoms with Gasteiger partial charge in [0, 0.05) is 24.7 Å². The molecule has 0 amide bonds. The molecule has 3 atom stereocenters. The van der Waals surface area contributed by atoms with Crippen LogP contribution in [0, 0.1) is 0 Å².